The summed E-state index contributed by atoms with van der Waals surface area (Å²) in [4.78, 5) is 33.7. The van der Waals surface area contributed by atoms with Crippen LogP contribution in [0, 0.1) is 0 Å². The first-order valence-corrected chi connectivity index (χ1v) is 8.73. The molecule has 0 unspecified atom stereocenters. The highest BCUT2D eigenvalue weighted by atomic mass is 16.2. The average Bonchev–Trinajstić information content (AvgIpc) is 3.06. The first kappa shape index (κ1) is 17.0. The monoisotopic (exact) mass is 365 g/mol. The Morgan fingerprint density at radius 1 is 1.11 bits per heavy atom. The Morgan fingerprint density at radius 3 is 2.67 bits per heavy atom. The van der Waals surface area contributed by atoms with E-state index >= 15 is 0 Å². The lowest BCUT2D eigenvalue weighted by atomic mass is 10.2. The molecule has 0 amide bonds. The predicted molar refractivity (Wildman–Crippen MR) is 103 cm³/mol. The van der Waals surface area contributed by atoms with Crippen molar-refractivity contribution >= 4 is 27.6 Å². The molecule has 0 aliphatic rings. The Bertz CT molecular complexity index is 1250. The Morgan fingerprint density at radius 2 is 1.89 bits per heavy atom. The van der Waals surface area contributed by atoms with Crippen LogP contribution >= 0.6 is 0 Å². The van der Waals surface area contributed by atoms with Gasteiger partial charge in [0.15, 0.2) is 5.65 Å². The fourth-order valence-electron chi connectivity index (χ4n) is 3.05. The van der Waals surface area contributed by atoms with Crippen LogP contribution in [-0.4, -0.2) is 36.1 Å². The number of rotatable bonds is 5. The second-order valence-corrected chi connectivity index (χ2v) is 6.22. The van der Waals surface area contributed by atoms with Gasteiger partial charge in [0.2, 0.25) is 0 Å². The number of hydrogen-bond acceptors (Lipinski definition) is 6. The van der Waals surface area contributed by atoms with E-state index in [4.69, 9.17) is 0 Å². The van der Waals surface area contributed by atoms with Crippen LogP contribution in [0.4, 0.5) is 5.82 Å². The Balaban J connectivity index is 1.62. The number of nitrogens with one attached hydrogen (secondary N) is 2. The molecule has 0 bridgehead atoms. The maximum Gasteiger partial charge on any atom is 0.273 e. The van der Waals surface area contributed by atoms with Crippen molar-refractivity contribution in [1.82, 2.24) is 29.5 Å². The lowest BCUT2D eigenvalue weighted by Crippen LogP contribution is -2.32. The van der Waals surface area contributed by atoms with Crippen molar-refractivity contribution in [1.29, 1.82) is 0 Å². The molecule has 3 aromatic heterocycles. The number of benzene rings is 1. The van der Waals surface area contributed by atoms with Crippen LogP contribution in [0.2, 0.25) is 0 Å². The highest BCUT2D eigenvalue weighted by molar-refractivity contribution is 5.86. The highest BCUT2D eigenvalue weighted by Crippen LogP contribution is 2.19. The van der Waals surface area contributed by atoms with Crippen LogP contribution < -0.4 is 16.4 Å². The van der Waals surface area contributed by atoms with Crippen LogP contribution in [0.1, 0.15) is 12.7 Å². The van der Waals surface area contributed by atoms with E-state index in [-0.39, 0.29) is 11.1 Å². The normalized spacial score (nSPS) is 11.3. The lowest BCUT2D eigenvalue weighted by Gasteiger charge is -2.10. The number of hydrogen-bond donors (Lipinski definition) is 2. The number of anilines is 1. The third-order valence-corrected chi connectivity index (χ3v) is 4.47. The van der Waals surface area contributed by atoms with E-state index in [2.05, 4.69) is 25.5 Å². The zero-order valence-electron chi connectivity index (χ0n) is 15.1. The van der Waals surface area contributed by atoms with Gasteiger partial charge in [-0.2, -0.15) is 5.10 Å². The molecule has 2 N–H and O–H groups in total. The summed E-state index contributed by atoms with van der Waals surface area (Å²) in [7, 11) is 1.83. The molecule has 138 valence electrons. The van der Waals surface area contributed by atoms with Crippen molar-refractivity contribution in [3.8, 4) is 0 Å². The summed E-state index contributed by atoms with van der Waals surface area (Å²) < 4.78 is 3.02. The molecule has 0 aliphatic carbocycles. The second-order valence-electron chi connectivity index (χ2n) is 6.22. The summed E-state index contributed by atoms with van der Waals surface area (Å²) in [6, 6.07) is 6.79. The van der Waals surface area contributed by atoms with Gasteiger partial charge in [0.05, 0.1) is 28.9 Å². The molecule has 9 nitrogen and oxygen atoms in total. The molecule has 1 aromatic carbocycles. The first-order valence-electron chi connectivity index (χ1n) is 8.73. The van der Waals surface area contributed by atoms with Gasteiger partial charge in [-0.3, -0.25) is 19.4 Å². The summed E-state index contributed by atoms with van der Waals surface area (Å²) in [6.07, 6.45) is 2.41. The van der Waals surface area contributed by atoms with E-state index < -0.39 is 0 Å². The molecule has 0 saturated carbocycles. The average molecular weight is 365 g/mol. The topological polar surface area (TPSA) is 110 Å². The number of H-pyrrole nitrogens is 1. The molecular formula is C18H19N7O2. The zero-order valence-corrected chi connectivity index (χ0v) is 15.1. The van der Waals surface area contributed by atoms with Crippen LogP contribution in [0.3, 0.4) is 0 Å². The molecule has 0 saturated heterocycles. The molecule has 0 aliphatic heterocycles. The van der Waals surface area contributed by atoms with Gasteiger partial charge in [-0.15, -0.1) is 0 Å². The summed E-state index contributed by atoms with van der Waals surface area (Å²) in [5.74, 6) is 1.38. The van der Waals surface area contributed by atoms with Crippen molar-refractivity contribution in [2.45, 2.75) is 19.9 Å². The number of fused-ring (bicyclic) bond motifs is 2. The summed E-state index contributed by atoms with van der Waals surface area (Å²) in [5, 5.41) is 11.7. The Kier molecular flexibility index (Phi) is 4.19. The van der Waals surface area contributed by atoms with Crippen LogP contribution in [0.15, 0.2) is 40.1 Å². The molecule has 27 heavy (non-hydrogen) atoms. The van der Waals surface area contributed by atoms with E-state index in [0.29, 0.717) is 41.9 Å². The third kappa shape index (κ3) is 2.97. The molecular weight excluding hydrogens is 346 g/mol. The van der Waals surface area contributed by atoms with E-state index in [0.717, 1.165) is 11.0 Å². The van der Waals surface area contributed by atoms with E-state index in [9.17, 15) is 9.59 Å². The molecule has 4 rings (SSSR count). The largest absolute Gasteiger partial charge is 0.367 e. The maximum absolute atomic E-state index is 12.6. The van der Waals surface area contributed by atoms with Crippen LogP contribution in [-0.2, 0) is 20.0 Å². The van der Waals surface area contributed by atoms with Gasteiger partial charge in [0.25, 0.3) is 11.1 Å². The summed E-state index contributed by atoms with van der Waals surface area (Å²) >= 11 is 0. The van der Waals surface area contributed by atoms with Gasteiger partial charge in [0.1, 0.15) is 11.6 Å². The second kappa shape index (κ2) is 6.67. The molecule has 9 heteroatoms. The van der Waals surface area contributed by atoms with Crippen LogP contribution in [0.5, 0.6) is 0 Å². The van der Waals surface area contributed by atoms with Crippen molar-refractivity contribution < 1.29 is 0 Å². The van der Waals surface area contributed by atoms with E-state index in [1.807, 2.05) is 14.0 Å². The zero-order chi connectivity index (χ0) is 19.0. The van der Waals surface area contributed by atoms with Gasteiger partial charge >= 0.3 is 0 Å². The Labute approximate surface area is 153 Å². The third-order valence-electron chi connectivity index (χ3n) is 4.47. The fraction of sp³-hybridized carbons (Fsp3) is 0.278. The minimum absolute atomic E-state index is 0.226. The predicted octanol–water partition coefficient (Wildman–Crippen LogP) is 1.04. The summed E-state index contributed by atoms with van der Waals surface area (Å²) in [6.45, 7) is 2.70. The Hall–Kier alpha value is -3.49. The quantitative estimate of drug-likeness (QED) is 0.547. The molecule has 0 fully saturated rings. The number of nitrogens with zero attached hydrogens (tertiary/aromatic N) is 5. The maximum atomic E-state index is 12.6. The SMILES string of the molecule is CCc1nc(NCCn2[nH]c(=O)c3ccccc3c2=O)c2cnn(C)c2n1. The minimum Gasteiger partial charge on any atom is -0.367 e. The van der Waals surface area contributed by atoms with Crippen molar-refractivity contribution in [3.63, 3.8) is 0 Å². The lowest BCUT2D eigenvalue weighted by molar-refractivity contribution is 0.595. The fourth-order valence-corrected chi connectivity index (χ4v) is 3.05. The molecule has 0 radical (unpaired) electrons. The molecule has 4 aromatic rings. The highest BCUT2D eigenvalue weighted by Gasteiger charge is 2.11. The van der Waals surface area contributed by atoms with Gasteiger partial charge in [0, 0.05) is 20.0 Å². The van der Waals surface area contributed by atoms with Crippen LogP contribution in [0.25, 0.3) is 21.8 Å². The first-order chi connectivity index (χ1) is 13.1. The molecule has 0 atom stereocenters. The van der Waals surface area contributed by atoms with Crippen molar-refractivity contribution in [2.75, 3.05) is 11.9 Å². The van der Waals surface area contributed by atoms with E-state index in [1.165, 1.54) is 4.68 Å². The van der Waals surface area contributed by atoms with Crippen molar-refractivity contribution in [2.24, 2.45) is 7.05 Å². The van der Waals surface area contributed by atoms with Gasteiger partial charge in [-0.05, 0) is 12.1 Å². The summed E-state index contributed by atoms with van der Waals surface area (Å²) in [5.41, 5.74) is 0.242. The van der Waals surface area contributed by atoms with Gasteiger partial charge < -0.3 is 5.32 Å². The number of aromatic nitrogens is 6. The number of aryl methyl sites for hydroxylation is 2. The van der Waals surface area contributed by atoms with Crippen molar-refractivity contribution in [3.05, 3.63) is 57.0 Å². The van der Waals surface area contributed by atoms with E-state index in [1.54, 1.807) is 35.1 Å². The minimum atomic E-state index is -0.282. The smallest absolute Gasteiger partial charge is 0.273 e. The molecule has 3 heterocycles. The van der Waals surface area contributed by atoms with Gasteiger partial charge in [-0.25, -0.2) is 14.6 Å². The molecule has 0 spiro atoms. The van der Waals surface area contributed by atoms with Gasteiger partial charge in [-0.1, -0.05) is 19.1 Å². The standard InChI is InChI=1S/C18H19N7O2/c1-3-14-21-15(13-10-20-24(2)16(13)22-14)19-8-9-25-18(27)12-7-5-4-6-11(12)17(26)23-25/h4-7,10H,3,8-9H2,1-2H3,(H,23,26)(H,19,21,22). The number of aromatic amines is 1.